The van der Waals surface area contributed by atoms with Crippen molar-refractivity contribution >= 4 is 29.6 Å². The van der Waals surface area contributed by atoms with E-state index in [2.05, 4.69) is 10.2 Å². The zero-order chi connectivity index (χ0) is 77.7. The predicted octanol–water partition coefficient (Wildman–Crippen LogP) is 3.72. The number of ether oxygens (including phenoxy) is 26. The summed E-state index contributed by atoms with van der Waals surface area (Å²) in [6, 6.07) is 0. The first-order chi connectivity index (χ1) is 51.6. The largest absolute Gasteiger partial charge is 0.464 e. The standard InChI is InChI=1S/C73H144N2O30S/c1-11-66(67(76)74-13-12-14-75(7)8)63-73(6,64-71(2,3)69(78)105-61-62-106-65-72(4,5)68(77)81-10)70(79)104-60-59-103-58-57-102-56-55-101-54-53-100-52-51-99-50-49-98-48-47-97-46-45-96-44-43-95-42-41-94-40-39-93-38-37-92-36-35-91-34-33-90-32-31-89-30-29-88-28-27-87-26-25-86-24-23-85-22-21-84-20-19-83-18-17-82-16-15-80-9/h66,68,77H,11-65H2,1-10H3,(H,74,76). The van der Waals surface area contributed by atoms with Crippen molar-refractivity contribution in [1.82, 2.24) is 10.2 Å². The number of amides is 1. The molecular formula is C73H144N2O30S. The third-order valence-corrected chi connectivity index (χ3v) is 16.5. The van der Waals surface area contributed by atoms with Gasteiger partial charge in [0.15, 0.2) is 6.29 Å². The van der Waals surface area contributed by atoms with Crippen molar-refractivity contribution in [2.75, 3.05) is 363 Å². The molecule has 0 aliphatic rings. The number of nitrogens with zero attached hydrogens (tertiary/aromatic N) is 1. The molecule has 2 N–H and O–H groups in total. The van der Waals surface area contributed by atoms with Gasteiger partial charge in [0, 0.05) is 43.6 Å². The van der Waals surface area contributed by atoms with Gasteiger partial charge < -0.3 is 138 Å². The van der Waals surface area contributed by atoms with Crippen LogP contribution >= 0.6 is 11.8 Å². The molecule has 0 aliphatic heterocycles. The number of nitrogens with one attached hydrogen (secondary N) is 1. The lowest BCUT2D eigenvalue weighted by atomic mass is 9.69. The van der Waals surface area contributed by atoms with E-state index in [-0.39, 0.29) is 45.2 Å². The van der Waals surface area contributed by atoms with Gasteiger partial charge in [-0.2, -0.15) is 11.8 Å². The second-order valence-corrected chi connectivity index (χ2v) is 26.8. The molecule has 3 atom stereocenters. The molecule has 3 unspecified atom stereocenters. The van der Waals surface area contributed by atoms with Gasteiger partial charge in [0.05, 0.1) is 308 Å². The molecule has 0 aromatic heterocycles. The fourth-order valence-corrected chi connectivity index (χ4v) is 10.4. The van der Waals surface area contributed by atoms with Crippen molar-refractivity contribution in [2.45, 2.75) is 73.5 Å². The highest BCUT2D eigenvalue weighted by molar-refractivity contribution is 7.99. The van der Waals surface area contributed by atoms with E-state index in [1.165, 1.54) is 7.11 Å². The lowest BCUT2D eigenvalue weighted by molar-refractivity contribution is -0.165. The van der Waals surface area contributed by atoms with Gasteiger partial charge in [0.25, 0.3) is 0 Å². The molecule has 0 radical (unpaired) electrons. The lowest BCUT2D eigenvalue weighted by Gasteiger charge is -2.36. The van der Waals surface area contributed by atoms with Crippen molar-refractivity contribution in [3.63, 3.8) is 0 Å². The molecule has 0 spiro atoms. The average molecular weight is 1560 g/mol. The summed E-state index contributed by atoms with van der Waals surface area (Å²) in [6.07, 6.45) is 0.664. The van der Waals surface area contributed by atoms with Crippen LogP contribution in [-0.2, 0) is 138 Å². The fourth-order valence-electron chi connectivity index (χ4n) is 9.34. The van der Waals surface area contributed by atoms with Crippen molar-refractivity contribution in [1.29, 1.82) is 0 Å². The minimum absolute atomic E-state index is 0.0108. The molecule has 632 valence electrons. The van der Waals surface area contributed by atoms with Crippen molar-refractivity contribution in [3.05, 3.63) is 0 Å². The number of hydrogen-bond donors (Lipinski definition) is 2. The highest BCUT2D eigenvalue weighted by atomic mass is 32.2. The number of rotatable bonds is 88. The normalized spacial score (nSPS) is 13.2. The van der Waals surface area contributed by atoms with Gasteiger partial charge in [0.2, 0.25) is 5.91 Å². The van der Waals surface area contributed by atoms with Crippen molar-refractivity contribution in [2.24, 2.45) is 22.2 Å². The Labute approximate surface area is 639 Å². The molecule has 0 fully saturated rings. The van der Waals surface area contributed by atoms with Crippen LogP contribution in [-0.4, -0.2) is 398 Å². The SMILES string of the molecule is CCC(CC(C)(CC(C)(C)C(=O)OCCSCC(C)(C)C(O)OC)C(=O)OCCOCCOCCOCCOCCOCCOCCOCCOCCOCCOCCOCCOCCOCCOCCOCCOCCOCCOCCOCCOCCOCCOCCOC)C(=O)NCCCN(C)C. The van der Waals surface area contributed by atoms with Crippen LogP contribution in [0.4, 0.5) is 0 Å². The minimum Gasteiger partial charge on any atom is -0.464 e. The van der Waals surface area contributed by atoms with E-state index in [0.717, 1.165) is 13.0 Å². The van der Waals surface area contributed by atoms with Gasteiger partial charge in [0.1, 0.15) is 13.2 Å². The Morgan fingerprint density at radius 1 is 0.377 bits per heavy atom. The number of methoxy groups -OCH3 is 2. The number of aliphatic hydroxyl groups excluding tert-OH is 1. The highest BCUT2D eigenvalue weighted by Crippen LogP contribution is 2.41. The molecule has 0 heterocycles. The minimum atomic E-state index is -1.19. The maximum Gasteiger partial charge on any atom is 0.311 e. The van der Waals surface area contributed by atoms with Crippen LogP contribution in [0.5, 0.6) is 0 Å². The first-order valence-electron chi connectivity index (χ1n) is 37.8. The summed E-state index contributed by atoms with van der Waals surface area (Å²) in [7, 11) is 7.05. The number of carbonyl (C=O) groups is 3. The van der Waals surface area contributed by atoms with E-state index < -0.39 is 40.4 Å². The molecule has 0 saturated heterocycles. The molecule has 0 bridgehead atoms. The highest BCUT2D eigenvalue weighted by Gasteiger charge is 2.46. The summed E-state index contributed by atoms with van der Waals surface area (Å²) >= 11 is 1.54. The zero-order valence-electron chi connectivity index (χ0n) is 66.7. The van der Waals surface area contributed by atoms with Gasteiger partial charge in [-0.05, 0) is 67.1 Å². The Hall–Kier alpha value is -2.28. The number of carbonyl (C=O) groups excluding carboxylic acids is 3. The molecule has 33 heteroatoms. The number of aliphatic hydroxyl groups is 1. The Balaban J connectivity index is 3.62. The molecule has 0 aromatic carbocycles. The van der Waals surface area contributed by atoms with Crippen LogP contribution in [0.25, 0.3) is 0 Å². The lowest BCUT2D eigenvalue weighted by Crippen LogP contribution is -2.43. The molecule has 0 aromatic rings. The van der Waals surface area contributed by atoms with Crippen LogP contribution in [0.1, 0.15) is 67.2 Å². The summed E-state index contributed by atoms with van der Waals surface area (Å²) in [5.41, 5.74) is -2.75. The Morgan fingerprint density at radius 3 is 0.877 bits per heavy atom. The Bertz CT molecular complexity index is 1880. The van der Waals surface area contributed by atoms with E-state index >= 15 is 0 Å². The number of esters is 2. The van der Waals surface area contributed by atoms with Gasteiger partial charge in [-0.15, -0.1) is 0 Å². The third kappa shape index (κ3) is 69.6. The van der Waals surface area contributed by atoms with Crippen LogP contribution in [0, 0.1) is 22.2 Å². The summed E-state index contributed by atoms with van der Waals surface area (Å²) < 4.78 is 143. The smallest absolute Gasteiger partial charge is 0.311 e. The van der Waals surface area contributed by atoms with Gasteiger partial charge >= 0.3 is 11.9 Å². The Morgan fingerprint density at radius 2 is 0.632 bits per heavy atom. The summed E-state index contributed by atoms with van der Waals surface area (Å²) in [5.74, 6) is -0.463. The van der Waals surface area contributed by atoms with Crippen LogP contribution in [0.15, 0.2) is 0 Å². The van der Waals surface area contributed by atoms with Crippen LogP contribution < -0.4 is 5.32 Å². The summed E-state index contributed by atoms with van der Waals surface area (Å²) in [5, 5.41) is 13.1. The molecule has 0 saturated carbocycles. The summed E-state index contributed by atoms with van der Waals surface area (Å²) in [6.45, 7) is 33.2. The fraction of sp³-hybridized carbons (Fsp3) is 0.959. The monoisotopic (exact) mass is 1560 g/mol. The summed E-state index contributed by atoms with van der Waals surface area (Å²) in [4.78, 5) is 42.8. The number of thioether (sulfide) groups is 1. The molecule has 1 amide bonds. The maximum absolute atomic E-state index is 13.9. The van der Waals surface area contributed by atoms with Crippen molar-refractivity contribution < 1.29 is 143 Å². The quantitative estimate of drug-likeness (QED) is 0.0498. The molecule has 32 nitrogen and oxygen atoms in total. The van der Waals surface area contributed by atoms with E-state index in [1.807, 2.05) is 34.9 Å². The number of hydrogen-bond acceptors (Lipinski definition) is 32. The Kier molecular flexibility index (Phi) is 76.3. The zero-order valence-corrected chi connectivity index (χ0v) is 67.5. The second kappa shape index (κ2) is 78.0. The van der Waals surface area contributed by atoms with Crippen LogP contribution in [0.2, 0.25) is 0 Å². The maximum atomic E-state index is 13.9. The topological polar surface area (TPSA) is 327 Å². The van der Waals surface area contributed by atoms with E-state index in [1.54, 1.807) is 39.6 Å². The van der Waals surface area contributed by atoms with Crippen molar-refractivity contribution in [3.8, 4) is 0 Å². The second-order valence-electron chi connectivity index (χ2n) is 25.7. The molecule has 106 heavy (non-hydrogen) atoms. The third-order valence-electron chi connectivity index (χ3n) is 15.1. The molecule has 0 rings (SSSR count). The first-order valence-corrected chi connectivity index (χ1v) is 39.0. The van der Waals surface area contributed by atoms with Crippen LogP contribution in [0.3, 0.4) is 0 Å². The van der Waals surface area contributed by atoms with E-state index in [0.29, 0.717) is 309 Å². The van der Waals surface area contributed by atoms with Gasteiger partial charge in [-0.25, -0.2) is 0 Å². The van der Waals surface area contributed by atoms with Gasteiger partial charge in [-0.3, -0.25) is 14.4 Å². The molecule has 0 aliphatic carbocycles. The predicted molar refractivity (Wildman–Crippen MR) is 397 cm³/mol. The molecular weight excluding hydrogens is 1420 g/mol. The average Bonchev–Trinajstić information content (AvgIpc) is 0.804. The van der Waals surface area contributed by atoms with E-state index in [9.17, 15) is 19.5 Å². The van der Waals surface area contributed by atoms with Gasteiger partial charge in [-0.1, -0.05) is 20.8 Å². The van der Waals surface area contributed by atoms with E-state index in [4.69, 9.17) is 123 Å². The first kappa shape index (κ1) is 104.